The van der Waals surface area contributed by atoms with Crippen molar-refractivity contribution in [2.45, 2.75) is 63.7 Å². The van der Waals surface area contributed by atoms with Crippen LogP contribution in [0.2, 0.25) is 0 Å². The molecule has 2 N–H and O–H groups in total. The van der Waals surface area contributed by atoms with Crippen molar-refractivity contribution in [3.8, 4) is 0 Å². The third kappa shape index (κ3) is 7.09. The molecule has 0 radical (unpaired) electrons. The van der Waals surface area contributed by atoms with Crippen molar-refractivity contribution in [2.24, 2.45) is 0 Å². The minimum Gasteiger partial charge on any atom is -0.481 e. The lowest BCUT2D eigenvalue weighted by Crippen LogP contribution is -2.32. The van der Waals surface area contributed by atoms with Crippen LogP contribution in [0.5, 0.6) is 0 Å². The van der Waals surface area contributed by atoms with Gasteiger partial charge in [0.25, 0.3) is 0 Å². The monoisotopic (exact) mass is 389 g/mol. The number of methoxy groups -OCH3 is 1. The maximum absolute atomic E-state index is 12.2. The molecule has 1 unspecified atom stereocenters. The quantitative estimate of drug-likeness (QED) is 0.422. The first-order valence-corrected chi connectivity index (χ1v) is 9.96. The third-order valence-corrected chi connectivity index (χ3v) is 5.03. The average molecular weight is 389 g/mol. The van der Waals surface area contributed by atoms with Crippen molar-refractivity contribution in [1.82, 2.24) is 4.90 Å². The second-order valence-electron chi connectivity index (χ2n) is 7.26. The van der Waals surface area contributed by atoms with Crippen LogP contribution in [-0.4, -0.2) is 46.7 Å². The van der Waals surface area contributed by atoms with Gasteiger partial charge in [0.1, 0.15) is 0 Å². The summed E-state index contributed by atoms with van der Waals surface area (Å²) in [5.74, 6) is -0.608. The number of carbonyl (C=O) groups is 2. The lowest BCUT2D eigenvalue weighted by atomic mass is 10.0. The van der Waals surface area contributed by atoms with E-state index in [0.29, 0.717) is 26.0 Å². The summed E-state index contributed by atoms with van der Waals surface area (Å²) >= 11 is 0. The number of carboxylic acid groups (broad SMARTS) is 1. The zero-order chi connectivity index (χ0) is 20.4. The van der Waals surface area contributed by atoms with E-state index in [1.54, 1.807) is 13.2 Å². The van der Waals surface area contributed by atoms with Gasteiger partial charge in [-0.2, -0.15) is 0 Å². The highest BCUT2D eigenvalue weighted by Crippen LogP contribution is 2.23. The van der Waals surface area contributed by atoms with E-state index in [0.717, 1.165) is 36.8 Å². The Labute approximate surface area is 166 Å². The molecule has 1 aromatic carbocycles. The van der Waals surface area contributed by atoms with Crippen LogP contribution >= 0.6 is 0 Å². The minimum atomic E-state index is -0.758. The number of likely N-dealkylation sites (tertiary alicyclic amines) is 1. The number of rotatable bonds is 12. The van der Waals surface area contributed by atoms with Crippen molar-refractivity contribution < 1.29 is 24.5 Å². The molecule has 154 valence electrons. The van der Waals surface area contributed by atoms with Gasteiger partial charge in [0, 0.05) is 26.5 Å². The number of aliphatic carboxylic acids is 1. The number of unbranched alkanes of at least 4 members (excludes halogenated alkanes) is 3. The van der Waals surface area contributed by atoms with Crippen molar-refractivity contribution in [1.29, 1.82) is 0 Å². The average Bonchev–Trinajstić information content (AvgIpc) is 3.02. The van der Waals surface area contributed by atoms with Crippen LogP contribution in [0, 0.1) is 0 Å². The SMILES string of the molecule is COCc1cccc(C(O)C=C[C@H]2CCC(=O)N2CCCCCCC(=O)O)c1. The van der Waals surface area contributed by atoms with Gasteiger partial charge >= 0.3 is 5.97 Å². The molecule has 0 saturated carbocycles. The van der Waals surface area contributed by atoms with E-state index in [-0.39, 0.29) is 18.4 Å². The van der Waals surface area contributed by atoms with Crippen molar-refractivity contribution in [2.75, 3.05) is 13.7 Å². The Morgan fingerprint density at radius 1 is 1.32 bits per heavy atom. The Hall–Kier alpha value is -2.18. The fourth-order valence-electron chi connectivity index (χ4n) is 3.54. The Morgan fingerprint density at radius 2 is 2.11 bits per heavy atom. The predicted molar refractivity (Wildman–Crippen MR) is 107 cm³/mol. The highest BCUT2D eigenvalue weighted by Gasteiger charge is 2.28. The van der Waals surface area contributed by atoms with Gasteiger partial charge in [0.05, 0.1) is 18.8 Å². The summed E-state index contributed by atoms with van der Waals surface area (Å²) in [6.07, 6.45) is 7.82. The molecule has 2 atom stereocenters. The number of carboxylic acids is 1. The van der Waals surface area contributed by atoms with Crippen molar-refractivity contribution >= 4 is 11.9 Å². The normalized spacial score (nSPS) is 18.1. The molecule has 6 heteroatoms. The summed E-state index contributed by atoms with van der Waals surface area (Å²) in [5, 5.41) is 19.1. The number of nitrogens with zero attached hydrogens (tertiary/aromatic N) is 1. The molecular formula is C22H31NO5. The molecule has 1 saturated heterocycles. The van der Waals surface area contributed by atoms with Gasteiger partial charge in [0.15, 0.2) is 0 Å². The summed E-state index contributed by atoms with van der Waals surface area (Å²) in [7, 11) is 1.64. The van der Waals surface area contributed by atoms with E-state index in [1.807, 2.05) is 35.2 Å². The van der Waals surface area contributed by atoms with Gasteiger partial charge in [-0.3, -0.25) is 9.59 Å². The zero-order valence-electron chi connectivity index (χ0n) is 16.5. The van der Waals surface area contributed by atoms with E-state index in [2.05, 4.69) is 0 Å². The second kappa shape index (κ2) is 11.6. The summed E-state index contributed by atoms with van der Waals surface area (Å²) in [4.78, 5) is 24.6. The molecule has 1 amide bonds. The Kier molecular flexibility index (Phi) is 9.17. The van der Waals surface area contributed by atoms with Crippen LogP contribution in [-0.2, 0) is 20.9 Å². The molecule has 1 heterocycles. The van der Waals surface area contributed by atoms with E-state index in [1.165, 1.54) is 0 Å². The standard InChI is InChI=1S/C22H31NO5/c1-28-16-17-7-6-8-18(15-17)20(24)12-10-19-11-13-21(25)23(19)14-5-3-2-4-9-22(26)27/h6-8,10,12,15,19-20,24H,2-5,9,11,13-14,16H2,1H3,(H,26,27)/t19-,20?/m0/s1. The maximum atomic E-state index is 12.2. The Balaban J connectivity index is 1.84. The zero-order valence-corrected chi connectivity index (χ0v) is 16.5. The fraction of sp³-hybridized carbons (Fsp3) is 0.545. The third-order valence-electron chi connectivity index (χ3n) is 5.03. The Bertz CT molecular complexity index is 673. The number of aliphatic hydroxyl groups is 1. The first-order chi connectivity index (χ1) is 13.5. The number of benzene rings is 1. The molecule has 0 spiro atoms. The topological polar surface area (TPSA) is 87.1 Å². The Morgan fingerprint density at radius 3 is 2.86 bits per heavy atom. The molecule has 0 bridgehead atoms. The molecule has 2 rings (SSSR count). The molecule has 1 aliphatic heterocycles. The van der Waals surface area contributed by atoms with E-state index in [4.69, 9.17) is 9.84 Å². The first-order valence-electron chi connectivity index (χ1n) is 9.96. The summed E-state index contributed by atoms with van der Waals surface area (Å²) < 4.78 is 5.13. The van der Waals surface area contributed by atoms with Crippen LogP contribution in [0.25, 0.3) is 0 Å². The molecule has 6 nitrogen and oxygen atoms in total. The smallest absolute Gasteiger partial charge is 0.303 e. The molecule has 28 heavy (non-hydrogen) atoms. The fourth-order valence-corrected chi connectivity index (χ4v) is 3.54. The predicted octanol–water partition coefficient (Wildman–Crippen LogP) is 3.45. The van der Waals surface area contributed by atoms with Crippen LogP contribution in [0.3, 0.4) is 0 Å². The lowest BCUT2D eigenvalue weighted by molar-refractivity contribution is -0.137. The van der Waals surface area contributed by atoms with E-state index >= 15 is 0 Å². The van der Waals surface area contributed by atoms with Gasteiger partial charge in [0.2, 0.25) is 5.91 Å². The highest BCUT2D eigenvalue weighted by atomic mass is 16.5. The molecule has 1 aromatic rings. The minimum absolute atomic E-state index is 0.0170. The van der Waals surface area contributed by atoms with Gasteiger partial charge in [-0.05, 0) is 30.4 Å². The second-order valence-corrected chi connectivity index (χ2v) is 7.26. The molecule has 0 aliphatic carbocycles. The van der Waals surface area contributed by atoms with Crippen LogP contribution in [0.15, 0.2) is 36.4 Å². The van der Waals surface area contributed by atoms with Crippen LogP contribution in [0.4, 0.5) is 0 Å². The van der Waals surface area contributed by atoms with E-state index < -0.39 is 12.1 Å². The number of ether oxygens (including phenoxy) is 1. The van der Waals surface area contributed by atoms with Crippen LogP contribution < -0.4 is 0 Å². The number of aliphatic hydroxyl groups excluding tert-OH is 1. The largest absolute Gasteiger partial charge is 0.481 e. The lowest BCUT2D eigenvalue weighted by Gasteiger charge is -2.22. The molecular weight excluding hydrogens is 358 g/mol. The molecule has 0 aromatic heterocycles. The highest BCUT2D eigenvalue weighted by molar-refractivity contribution is 5.79. The first kappa shape index (κ1) is 22.1. The van der Waals surface area contributed by atoms with Gasteiger partial charge in [-0.15, -0.1) is 0 Å². The number of amides is 1. The van der Waals surface area contributed by atoms with E-state index in [9.17, 15) is 14.7 Å². The number of carbonyl (C=O) groups excluding carboxylic acids is 1. The van der Waals surface area contributed by atoms with Crippen LogP contribution in [0.1, 0.15) is 62.2 Å². The van der Waals surface area contributed by atoms with Crippen molar-refractivity contribution in [3.05, 3.63) is 47.5 Å². The summed E-state index contributed by atoms with van der Waals surface area (Å²) in [6.45, 7) is 1.18. The number of hydrogen-bond donors (Lipinski definition) is 2. The van der Waals surface area contributed by atoms with Gasteiger partial charge < -0.3 is 19.8 Å². The molecule has 1 aliphatic rings. The molecule has 1 fully saturated rings. The van der Waals surface area contributed by atoms with Gasteiger partial charge in [-0.25, -0.2) is 0 Å². The summed E-state index contributed by atoms with van der Waals surface area (Å²) in [5.41, 5.74) is 1.81. The maximum Gasteiger partial charge on any atom is 0.303 e. The number of hydrogen-bond acceptors (Lipinski definition) is 4. The van der Waals surface area contributed by atoms with Crippen molar-refractivity contribution in [3.63, 3.8) is 0 Å². The van der Waals surface area contributed by atoms with Gasteiger partial charge in [-0.1, -0.05) is 49.3 Å². The summed E-state index contributed by atoms with van der Waals surface area (Å²) in [6, 6.07) is 7.67.